The lowest BCUT2D eigenvalue weighted by Crippen LogP contribution is -1.99. The summed E-state index contributed by atoms with van der Waals surface area (Å²) in [5.41, 5.74) is 4.62. The first kappa shape index (κ1) is 24.9. The molecule has 4 aromatic carbocycles. The lowest BCUT2D eigenvalue weighted by Gasteiger charge is -2.06. The third-order valence-corrected chi connectivity index (χ3v) is 5.65. The molecule has 9 nitrogen and oxygen atoms in total. The standard InChI is InChI=1S/C28H22N4O5/c1-16-3-9-22(15-23(16)27(34)35)31-29-20-10-5-18(6-11-20)19-7-12-21(13-8-19)30-32-24-14-4-17(2)25(26(24)33)28(36)37/h3-15,33H,1-2H3,(H,34,35)(H,36,37). The Kier molecular flexibility index (Phi) is 7.15. The van der Waals surface area contributed by atoms with Crippen molar-refractivity contribution in [2.45, 2.75) is 13.8 Å². The second-order valence-corrected chi connectivity index (χ2v) is 8.23. The molecule has 0 amide bonds. The smallest absolute Gasteiger partial charge is 0.339 e. The molecule has 0 saturated heterocycles. The van der Waals surface area contributed by atoms with Gasteiger partial charge in [-0.25, -0.2) is 9.59 Å². The monoisotopic (exact) mass is 494 g/mol. The van der Waals surface area contributed by atoms with Gasteiger partial charge < -0.3 is 15.3 Å². The van der Waals surface area contributed by atoms with Gasteiger partial charge in [-0.3, -0.25) is 0 Å². The van der Waals surface area contributed by atoms with Crippen molar-refractivity contribution in [3.63, 3.8) is 0 Å². The van der Waals surface area contributed by atoms with Gasteiger partial charge in [0.1, 0.15) is 11.3 Å². The molecule has 184 valence electrons. The first-order valence-corrected chi connectivity index (χ1v) is 11.2. The number of carboxylic acid groups (broad SMARTS) is 2. The SMILES string of the molecule is Cc1ccc(N=Nc2ccc(-c3ccc(N=Nc4ccc(C)c(C(=O)O)c4O)cc3)cc2)cc1C(=O)O. The summed E-state index contributed by atoms with van der Waals surface area (Å²) < 4.78 is 0. The molecule has 4 rings (SSSR count). The van der Waals surface area contributed by atoms with Crippen LogP contribution in [-0.2, 0) is 0 Å². The fourth-order valence-electron chi connectivity index (χ4n) is 3.60. The van der Waals surface area contributed by atoms with E-state index in [1.54, 1.807) is 56.3 Å². The molecule has 37 heavy (non-hydrogen) atoms. The highest BCUT2D eigenvalue weighted by Crippen LogP contribution is 2.34. The molecule has 0 aliphatic rings. The van der Waals surface area contributed by atoms with E-state index >= 15 is 0 Å². The van der Waals surface area contributed by atoms with E-state index in [1.165, 1.54) is 12.1 Å². The first-order chi connectivity index (χ1) is 17.7. The number of hydrogen-bond acceptors (Lipinski definition) is 7. The summed E-state index contributed by atoms with van der Waals surface area (Å²) >= 11 is 0. The zero-order valence-electron chi connectivity index (χ0n) is 20.0. The van der Waals surface area contributed by atoms with Crippen LogP contribution >= 0.6 is 0 Å². The van der Waals surface area contributed by atoms with Crippen LogP contribution < -0.4 is 0 Å². The van der Waals surface area contributed by atoms with Crippen molar-refractivity contribution in [3.8, 4) is 16.9 Å². The highest BCUT2D eigenvalue weighted by Gasteiger charge is 2.16. The average Bonchev–Trinajstić information content (AvgIpc) is 2.88. The van der Waals surface area contributed by atoms with E-state index in [9.17, 15) is 24.9 Å². The minimum atomic E-state index is -1.23. The highest BCUT2D eigenvalue weighted by molar-refractivity contribution is 5.94. The summed E-state index contributed by atoms with van der Waals surface area (Å²) in [5, 5.41) is 45.1. The van der Waals surface area contributed by atoms with Crippen molar-refractivity contribution in [1.82, 2.24) is 0 Å². The van der Waals surface area contributed by atoms with Crippen LogP contribution in [0.5, 0.6) is 5.75 Å². The summed E-state index contributed by atoms with van der Waals surface area (Å²) in [5.74, 6) is -2.66. The number of hydrogen-bond donors (Lipinski definition) is 3. The third kappa shape index (κ3) is 5.73. The summed E-state index contributed by atoms with van der Waals surface area (Å²) in [6.07, 6.45) is 0. The Morgan fingerprint density at radius 2 is 1.08 bits per heavy atom. The second kappa shape index (κ2) is 10.6. The number of nitrogens with zero attached hydrogens (tertiary/aromatic N) is 4. The molecule has 0 aliphatic heterocycles. The molecule has 0 spiro atoms. The van der Waals surface area contributed by atoms with Crippen LogP contribution in [0.3, 0.4) is 0 Å². The van der Waals surface area contributed by atoms with E-state index in [1.807, 2.05) is 24.3 Å². The minimum absolute atomic E-state index is 0.0710. The lowest BCUT2D eigenvalue weighted by molar-refractivity contribution is 0.0683. The Labute approximate surface area is 212 Å². The zero-order valence-corrected chi connectivity index (χ0v) is 20.0. The van der Waals surface area contributed by atoms with Gasteiger partial charge in [0.25, 0.3) is 0 Å². The number of benzene rings is 4. The lowest BCUT2D eigenvalue weighted by atomic mass is 10.1. The molecule has 3 N–H and O–H groups in total. The van der Waals surface area contributed by atoms with Gasteiger partial charge in [0.15, 0.2) is 5.75 Å². The number of aromatic carboxylic acids is 2. The van der Waals surface area contributed by atoms with Gasteiger partial charge in [0.05, 0.1) is 22.6 Å². The average molecular weight is 495 g/mol. The molecular weight excluding hydrogens is 472 g/mol. The van der Waals surface area contributed by atoms with Gasteiger partial charge in [-0.15, -0.1) is 5.11 Å². The summed E-state index contributed by atoms with van der Waals surface area (Å²) in [4.78, 5) is 22.6. The Balaban J connectivity index is 1.46. The molecule has 0 unspecified atom stereocenters. The van der Waals surface area contributed by atoms with Crippen LogP contribution in [0.25, 0.3) is 11.1 Å². The quantitative estimate of drug-likeness (QED) is 0.224. The van der Waals surface area contributed by atoms with Gasteiger partial charge in [0, 0.05) is 0 Å². The first-order valence-electron chi connectivity index (χ1n) is 11.2. The number of carboxylic acids is 2. The van der Waals surface area contributed by atoms with Gasteiger partial charge >= 0.3 is 11.9 Å². The van der Waals surface area contributed by atoms with E-state index < -0.39 is 17.7 Å². The Morgan fingerprint density at radius 1 is 0.595 bits per heavy atom. The molecular formula is C28H22N4O5. The molecule has 0 aliphatic carbocycles. The minimum Gasteiger partial charge on any atom is -0.505 e. The topological polar surface area (TPSA) is 144 Å². The van der Waals surface area contributed by atoms with E-state index in [4.69, 9.17) is 0 Å². The van der Waals surface area contributed by atoms with Crippen LogP contribution in [0.1, 0.15) is 31.8 Å². The summed E-state index contributed by atoms with van der Waals surface area (Å²) in [6, 6.07) is 22.6. The Bertz CT molecular complexity index is 1540. The molecule has 0 fully saturated rings. The van der Waals surface area contributed by atoms with Crippen LogP contribution in [0.4, 0.5) is 22.7 Å². The normalized spacial score (nSPS) is 11.3. The van der Waals surface area contributed by atoms with E-state index in [0.29, 0.717) is 28.2 Å². The Hall–Kier alpha value is -5.18. The Morgan fingerprint density at radius 3 is 1.62 bits per heavy atom. The van der Waals surface area contributed by atoms with E-state index in [0.717, 1.165) is 11.1 Å². The van der Waals surface area contributed by atoms with Gasteiger partial charge in [0.2, 0.25) is 0 Å². The van der Waals surface area contributed by atoms with Crippen molar-refractivity contribution >= 4 is 34.7 Å². The number of aryl methyl sites for hydroxylation is 2. The van der Waals surface area contributed by atoms with Crippen LogP contribution in [0.15, 0.2) is 99.3 Å². The fraction of sp³-hybridized carbons (Fsp3) is 0.0714. The molecule has 0 aromatic heterocycles. The number of carbonyl (C=O) groups is 2. The maximum absolute atomic E-state index is 11.3. The van der Waals surface area contributed by atoms with E-state index in [-0.39, 0.29) is 16.8 Å². The summed E-state index contributed by atoms with van der Waals surface area (Å²) in [6.45, 7) is 3.32. The maximum atomic E-state index is 11.3. The van der Waals surface area contributed by atoms with E-state index in [2.05, 4.69) is 20.5 Å². The number of phenols is 1. The molecule has 0 radical (unpaired) electrons. The predicted molar refractivity (Wildman–Crippen MR) is 138 cm³/mol. The van der Waals surface area contributed by atoms with Crippen molar-refractivity contribution in [1.29, 1.82) is 0 Å². The second-order valence-electron chi connectivity index (χ2n) is 8.23. The molecule has 0 heterocycles. The molecule has 0 saturated carbocycles. The number of rotatable bonds is 7. The van der Waals surface area contributed by atoms with Crippen LogP contribution in [0.2, 0.25) is 0 Å². The predicted octanol–water partition coefficient (Wildman–Crippen LogP) is 7.90. The fourth-order valence-corrected chi connectivity index (χ4v) is 3.60. The van der Waals surface area contributed by atoms with Gasteiger partial charge in [-0.2, -0.15) is 15.3 Å². The number of azo groups is 2. The molecule has 4 aromatic rings. The molecule has 0 bridgehead atoms. The van der Waals surface area contributed by atoms with Crippen molar-refractivity contribution in [3.05, 3.63) is 101 Å². The zero-order chi connectivity index (χ0) is 26.5. The molecule has 9 heteroatoms. The molecule has 0 atom stereocenters. The van der Waals surface area contributed by atoms with Crippen molar-refractivity contribution in [2.75, 3.05) is 0 Å². The van der Waals surface area contributed by atoms with Crippen LogP contribution in [-0.4, -0.2) is 27.3 Å². The highest BCUT2D eigenvalue weighted by atomic mass is 16.4. The summed E-state index contributed by atoms with van der Waals surface area (Å²) in [7, 11) is 0. The largest absolute Gasteiger partial charge is 0.505 e. The number of aromatic hydroxyl groups is 1. The van der Waals surface area contributed by atoms with Gasteiger partial charge in [-0.05, 0) is 78.6 Å². The van der Waals surface area contributed by atoms with Gasteiger partial charge in [-0.1, -0.05) is 36.4 Å². The van der Waals surface area contributed by atoms with Crippen molar-refractivity contribution in [2.24, 2.45) is 20.5 Å². The maximum Gasteiger partial charge on any atom is 0.339 e. The van der Waals surface area contributed by atoms with Crippen LogP contribution in [0, 0.1) is 13.8 Å². The third-order valence-electron chi connectivity index (χ3n) is 5.65. The van der Waals surface area contributed by atoms with Crippen molar-refractivity contribution < 1.29 is 24.9 Å².